The number of rotatable bonds is 7. The van der Waals surface area contributed by atoms with Crippen LogP contribution in [0.5, 0.6) is 11.5 Å². The highest BCUT2D eigenvalue weighted by molar-refractivity contribution is 6.46. The number of para-hydroxylation sites is 1. The highest BCUT2D eigenvalue weighted by Crippen LogP contribution is 2.44. The lowest BCUT2D eigenvalue weighted by Gasteiger charge is -2.28. The Balaban J connectivity index is 1.88. The first-order chi connectivity index (χ1) is 17.2. The standard InChI is InChI=1S/C29H35NO6/c1-6-35-23-14-13-18(16-21(23)29(2,3)4)26(31)24-25(20-11-7-8-12-22(20)34-5)30(28(33)27(24)32)17-19-10-9-15-36-19/h7-8,11-14,16,19,25,31H,6,9-10,15,17H2,1-5H3/b26-24+. The van der Waals surface area contributed by atoms with Gasteiger partial charge in [-0.3, -0.25) is 9.59 Å². The van der Waals surface area contributed by atoms with Crippen LogP contribution in [0.4, 0.5) is 0 Å². The minimum atomic E-state index is -0.796. The van der Waals surface area contributed by atoms with E-state index in [1.807, 2.05) is 31.2 Å². The van der Waals surface area contributed by atoms with E-state index in [4.69, 9.17) is 14.2 Å². The van der Waals surface area contributed by atoms with Crippen molar-refractivity contribution in [2.75, 3.05) is 26.9 Å². The third-order valence-corrected chi connectivity index (χ3v) is 6.76. The number of amides is 1. The summed E-state index contributed by atoms with van der Waals surface area (Å²) in [6.07, 6.45) is 1.57. The van der Waals surface area contributed by atoms with Crippen molar-refractivity contribution in [1.82, 2.24) is 4.90 Å². The summed E-state index contributed by atoms with van der Waals surface area (Å²) >= 11 is 0. The van der Waals surface area contributed by atoms with Gasteiger partial charge in [0.2, 0.25) is 0 Å². The maximum atomic E-state index is 13.4. The first-order valence-electron chi connectivity index (χ1n) is 12.5. The summed E-state index contributed by atoms with van der Waals surface area (Å²) < 4.78 is 17.2. The average Bonchev–Trinajstić information content (AvgIpc) is 3.46. The molecule has 36 heavy (non-hydrogen) atoms. The molecule has 0 radical (unpaired) electrons. The number of carbonyl (C=O) groups excluding carboxylic acids is 2. The Morgan fingerprint density at radius 3 is 2.53 bits per heavy atom. The van der Waals surface area contributed by atoms with Crippen molar-refractivity contribution in [2.45, 2.75) is 58.1 Å². The number of ketones is 1. The fourth-order valence-corrected chi connectivity index (χ4v) is 4.99. The Morgan fingerprint density at radius 2 is 1.89 bits per heavy atom. The van der Waals surface area contributed by atoms with E-state index in [-0.39, 0.29) is 29.4 Å². The van der Waals surface area contributed by atoms with Crippen LogP contribution in [0, 0.1) is 0 Å². The first kappa shape index (κ1) is 25.8. The number of aliphatic hydroxyl groups excluding tert-OH is 1. The molecular weight excluding hydrogens is 458 g/mol. The van der Waals surface area contributed by atoms with Crippen LogP contribution in [0.1, 0.15) is 63.3 Å². The number of likely N-dealkylation sites (tertiary alicyclic amines) is 1. The maximum absolute atomic E-state index is 13.4. The predicted molar refractivity (Wildman–Crippen MR) is 137 cm³/mol. The highest BCUT2D eigenvalue weighted by atomic mass is 16.5. The summed E-state index contributed by atoms with van der Waals surface area (Å²) in [5.41, 5.74) is 1.77. The van der Waals surface area contributed by atoms with E-state index in [1.54, 1.807) is 25.3 Å². The van der Waals surface area contributed by atoms with E-state index in [1.165, 1.54) is 4.90 Å². The Kier molecular flexibility index (Phi) is 7.41. The fourth-order valence-electron chi connectivity index (χ4n) is 4.99. The SMILES string of the molecule is CCOc1ccc(/C(O)=C2\C(=O)C(=O)N(CC3CCCO3)C2c2ccccc2OC)cc1C(C)(C)C. The summed E-state index contributed by atoms with van der Waals surface area (Å²) in [4.78, 5) is 28.2. The predicted octanol–water partition coefficient (Wildman–Crippen LogP) is 4.99. The van der Waals surface area contributed by atoms with Gasteiger partial charge in [-0.15, -0.1) is 0 Å². The van der Waals surface area contributed by atoms with Crippen molar-refractivity contribution in [3.05, 3.63) is 64.7 Å². The molecule has 2 fully saturated rings. The molecule has 2 heterocycles. The number of hydrogen-bond acceptors (Lipinski definition) is 6. The van der Waals surface area contributed by atoms with Gasteiger partial charge in [0.15, 0.2) is 0 Å². The molecule has 2 unspecified atom stereocenters. The molecule has 2 aromatic rings. The minimum absolute atomic E-state index is 0.0477. The van der Waals surface area contributed by atoms with Gasteiger partial charge in [-0.25, -0.2) is 0 Å². The van der Waals surface area contributed by atoms with Crippen molar-refractivity contribution < 1.29 is 28.9 Å². The molecule has 192 valence electrons. The second-order valence-corrected chi connectivity index (χ2v) is 10.2. The van der Waals surface area contributed by atoms with Crippen LogP contribution in [0.15, 0.2) is 48.0 Å². The van der Waals surface area contributed by atoms with Crippen LogP contribution in [0.3, 0.4) is 0 Å². The van der Waals surface area contributed by atoms with Crippen LogP contribution in [0.2, 0.25) is 0 Å². The molecule has 0 aliphatic carbocycles. The van der Waals surface area contributed by atoms with Gasteiger partial charge in [0.05, 0.1) is 31.4 Å². The Hall–Kier alpha value is -3.32. The lowest BCUT2D eigenvalue weighted by Crippen LogP contribution is -2.36. The van der Waals surface area contributed by atoms with Crippen LogP contribution < -0.4 is 9.47 Å². The maximum Gasteiger partial charge on any atom is 0.295 e. The average molecular weight is 494 g/mol. The fraction of sp³-hybridized carbons (Fsp3) is 0.448. The van der Waals surface area contributed by atoms with Crippen molar-refractivity contribution >= 4 is 17.4 Å². The molecule has 2 atom stereocenters. The molecule has 7 nitrogen and oxygen atoms in total. The molecule has 0 bridgehead atoms. The second kappa shape index (κ2) is 10.3. The molecule has 7 heteroatoms. The van der Waals surface area contributed by atoms with Crippen molar-refractivity contribution in [2.24, 2.45) is 0 Å². The monoisotopic (exact) mass is 493 g/mol. The zero-order valence-electron chi connectivity index (χ0n) is 21.7. The molecular formula is C29H35NO6. The zero-order valence-corrected chi connectivity index (χ0v) is 21.7. The molecule has 2 saturated heterocycles. The number of aliphatic hydroxyl groups is 1. The summed E-state index contributed by atoms with van der Waals surface area (Å²) in [5, 5.41) is 11.6. The van der Waals surface area contributed by atoms with E-state index in [0.717, 1.165) is 24.2 Å². The van der Waals surface area contributed by atoms with E-state index < -0.39 is 17.7 Å². The van der Waals surface area contributed by atoms with Gasteiger partial charge in [0.25, 0.3) is 11.7 Å². The number of carbonyl (C=O) groups is 2. The summed E-state index contributed by atoms with van der Waals surface area (Å²) in [6.45, 7) is 9.51. The molecule has 2 aromatic carbocycles. The molecule has 2 aliphatic rings. The Labute approximate surface area is 212 Å². The van der Waals surface area contributed by atoms with Gasteiger partial charge in [0, 0.05) is 29.8 Å². The van der Waals surface area contributed by atoms with Crippen LogP contribution in [-0.2, 0) is 19.7 Å². The highest BCUT2D eigenvalue weighted by Gasteiger charge is 2.48. The van der Waals surface area contributed by atoms with Crippen molar-refractivity contribution in [3.63, 3.8) is 0 Å². The third kappa shape index (κ3) is 4.85. The Morgan fingerprint density at radius 1 is 1.14 bits per heavy atom. The summed E-state index contributed by atoms with van der Waals surface area (Å²) in [6, 6.07) is 11.8. The largest absolute Gasteiger partial charge is 0.507 e. The van der Waals surface area contributed by atoms with E-state index >= 15 is 0 Å². The topological polar surface area (TPSA) is 85.3 Å². The van der Waals surface area contributed by atoms with E-state index in [9.17, 15) is 14.7 Å². The van der Waals surface area contributed by atoms with Crippen LogP contribution in [-0.4, -0.2) is 54.7 Å². The molecule has 4 rings (SSSR count). The first-order valence-corrected chi connectivity index (χ1v) is 12.5. The lowest BCUT2D eigenvalue weighted by molar-refractivity contribution is -0.140. The zero-order chi connectivity index (χ0) is 26.0. The molecule has 2 aliphatic heterocycles. The van der Waals surface area contributed by atoms with Gasteiger partial charge in [0.1, 0.15) is 17.3 Å². The number of Topliss-reactive ketones (excluding diaryl/α,β-unsaturated/α-hetero) is 1. The van der Waals surface area contributed by atoms with Gasteiger partial charge in [-0.2, -0.15) is 0 Å². The number of nitrogens with zero attached hydrogens (tertiary/aromatic N) is 1. The molecule has 1 N–H and O–H groups in total. The van der Waals surface area contributed by atoms with Gasteiger partial charge in [-0.1, -0.05) is 39.0 Å². The van der Waals surface area contributed by atoms with Gasteiger partial charge < -0.3 is 24.2 Å². The molecule has 1 amide bonds. The quantitative estimate of drug-likeness (QED) is 0.332. The number of ether oxygens (including phenoxy) is 3. The number of hydrogen-bond donors (Lipinski definition) is 1. The third-order valence-electron chi connectivity index (χ3n) is 6.76. The second-order valence-electron chi connectivity index (χ2n) is 10.2. The van der Waals surface area contributed by atoms with Crippen LogP contribution >= 0.6 is 0 Å². The van der Waals surface area contributed by atoms with Gasteiger partial charge >= 0.3 is 0 Å². The number of methoxy groups -OCH3 is 1. The lowest BCUT2D eigenvalue weighted by atomic mass is 9.84. The Bertz CT molecular complexity index is 1170. The van der Waals surface area contributed by atoms with Crippen LogP contribution in [0.25, 0.3) is 5.76 Å². The van der Waals surface area contributed by atoms with E-state index in [2.05, 4.69) is 20.8 Å². The van der Waals surface area contributed by atoms with Crippen molar-refractivity contribution in [3.8, 4) is 11.5 Å². The smallest absolute Gasteiger partial charge is 0.295 e. The van der Waals surface area contributed by atoms with Crippen molar-refractivity contribution in [1.29, 1.82) is 0 Å². The summed E-state index contributed by atoms with van der Waals surface area (Å²) in [7, 11) is 1.55. The minimum Gasteiger partial charge on any atom is -0.507 e. The van der Waals surface area contributed by atoms with Gasteiger partial charge in [-0.05, 0) is 49.4 Å². The normalized spacial score (nSPS) is 21.8. The number of benzene rings is 2. The van der Waals surface area contributed by atoms with E-state index in [0.29, 0.717) is 30.1 Å². The molecule has 0 spiro atoms. The summed E-state index contributed by atoms with van der Waals surface area (Å²) in [5.74, 6) is -0.318. The molecule has 0 aromatic heterocycles. The molecule has 0 saturated carbocycles.